The highest BCUT2D eigenvalue weighted by atomic mass is 32.1. The topological polar surface area (TPSA) is 59.5 Å². The van der Waals surface area contributed by atoms with Crippen molar-refractivity contribution >= 4 is 28.3 Å². The van der Waals surface area contributed by atoms with Crippen LogP contribution in [0.25, 0.3) is 0 Å². The molecule has 25 heavy (non-hydrogen) atoms. The van der Waals surface area contributed by atoms with E-state index in [0.717, 1.165) is 12.0 Å². The fraction of sp³-hybridized carbons (Fsp3) is 0.421. The predicted molar refractivity (Wildman–Crippen MR) is 97.7 cm³/mol. The van der Waals surface area contributed by atoms with Crippen LogP contribution in [0.5, 0.6) is 0 Å². The summed E-state index contributed by atoms with van der Waals surface area (Å²) in [6.45, 7) is 6.41. The maximum Gasteiger partial charge on any atom is 0.350 e. The molecular formula is C19H22N2O3S. The molecule has 1 fully saturated rings. The largest absolute Gasteiger partial charge is 0.462 e. The maximum absolute atomic E-state index is 12.9. The standard InChI is InChI=1S/C19H22N2O3S/c1-4-24-18(23)16-13(3)20-19(25-16)21(17(22)15-10-12(15)2)11-14-8-6-5-7-9-14/h5-9,12,15H,4,10-11H2,1-3H3/t12-,15-/m1/s1. The van der Waals surface area contributed by atoms with Crippen LogP contribution >= 0.6 is 11.3 Å². The minimum atomic E-state index is -0.379. The molecule has 1 amide bonds. The van der Waals surface area contributed by atoms with Crippen LogP contribution in [-0.2, 0) is 16.1 Å². The number of rotatable bonds is 6. The number of carbonyl (C=O) groups is 2. The number of aryl methyl sites for hydroxylation is 1. The van der Waals surface area contributed by atoms with Crippen LogP contribution in [0.2, 0.25) is 0 Å². The Morgan fingerprint density at radius 1 is 1.32 bits per heavy atom. The summed E-state index contributed by atoms with van der Waals surface area (Å²) in [5.74, 6) is 0.173. The van der Waals surface area contributed by atoms with E-state index in [4.69, 9.17) is 4.74 Å². The lowest BCUT2D eigenvalue weighted by Crippen LogP contribution is -2.32. The van der Waals surface area contributed by atoms with Crippen molar-refractivity contribution < 1.29 is 14.3 Å². The minimum Gasteiger partial charge on any atom is -0.462 e. The quantitative estimate of drug-likeness (QED) is 0.737. The predicted octanol–water partition coefficient (Wildman–Crippen LogP) is 3.82. The molecule has 0 spiro atoms. The average molecular weight is 358 g/mol. The number of anilines is 1. The van der Waals surface area contributed by atoms with E-state index in [1.165, 1.54) is 11.3 Å². The van der Waals surface area contributed by atoms with E-state index >= 15 is 0 Å². The fourth-order valence-electron chi connectivity index (χ4n) is 2.76. The van der Waals surface area contributed by atoms with Gasteiger partial charge in [0.2, 0.25) is 5.91 Å². The van der Waals surface area contributed by atoms with Gasteiger partial charge in [-0.1, -0.05) is 48.6 Å². The van der Waals surface area contributed by atoms with Gasteiger partial charge in [0, 0.05) is 5.92 Å². The molecule has 1 aliphatic rings. The van der Waals surface area contributed by atoms with Crippen molar-refractivity contribution in [3.05, 3.63) is 46.5 Å². The number of hydrogen-bond acceptors (Lipinski definition) is 5. The zero-order chi connectivity index (χ0) is 18.0. The zero-order valence-corrected chi connectivity index (χ0v) is 15.5. The highest BCUT2D eigenvalue weighted by Crippen LogP contribution is 2.41. The van der Waals surface area contributed by atoms with Crippen LogP contribution in [0.4, 0.5) is 5.13 Å². The van der Waals surface area contributed by atoms with Gasteiger partial charge in [0.25, 0.3) is 0 Å². The first-order valence-electron chi connectivity index (χ1n) is 8.51. The molecule has 1 aromatic carbocycles. The number of aromatic nitrogens is 1. The third-order valence-corrected chi connectivity index (χ3v) is 5.51. The van der Waals surface area contributed by atoms with Crippen LogP contribution in [0.1, 0.15) is 41.2 Å². The summed E-state index contributed by atoms with van der Waals surface area (Å²) in [5.41, 5.74) is 1.64. The van der Waals surface area contributed by atoms with E-state index < -0.39 is 0 Å². The number of hydrogen-bond donors (Lipinski definition) is 0. The molecule has 0 radical (unpaired) electrons. The van der Waals surface area contributed by atoms with E-state index in [-0.39, 0.29) is 17.8 Å². The van der Waals surface area contributed by atoms with Crippen LogP contribution in [0.15, 0.2) is 30.3 Å². The summed E-state index contributed by atoms with van der Waals surface area (Å²) in [6.07, 6.45) is 0.916. The molecule has 0 N–H and O–H groups in total. The molecule has 0 aliphatic heterocycles. The number of esters is 1. The highest BCUT2D eigenvalue weighted by Gasteiger charge is 2.42. The number of ether oxygens (including phenoxy) is 1. The maximum atomic E-state index is 12.9. The van der Waals surface area contributed by atoms with Gasteiger partial charge in [-0.05, 0) is 31.7 Å². The summed E-state index contributed by atoms with van der Waals surface area (Å²) in [4.78, 5) is 31.7. The molecule has 1 aromatic heterocycles. The molecule has 5 nitrogen and oxygen atoms in total. The molecule has 6 heteroatoms. The lowest BCUT2D eigenvalue weighted by Gasteiger charge is -2.20. The van der Waals surface area contributed by atoms with Gasteiger partial charge in [-0.2, -0.15) is 0 Å². The zero-order valence-electron chi connectivity index (χ0n) is 14.7. The Hall–Kier alpha value is -2.21. The summed E-state index contributed by atoms with van der Waals surface area (Å²) in [6, 6.07) is 9.83. The summed E-state index contributed by atoms with van der Waals surface area (Å²) in [5, 5.41) is 0.563. The Balaban J connectivity index is 1.90. The number of nitrogens with zero attached hydrogens (tertiary/aromatic N) is 2. The molecule has 1 saturated carbocycles. The average Bonchev–Trinajstić information content (AvgIpc) is 3.20. The smallest absolute Gasteiger partial charge is 0.350 e. The van der Waals surface area contributed by atoms with E-state index in [1.54, 1.807) is 18.7 Å². The monoisotopic (exact) mass is 358 g/mol. The van der Waals surface area contributed by atoms with E-state index in [0.29, 0.717) is 34.8 Å². The molecule has 2 atom stereocenters. The van der Waals surface area contributed by atoms with Crippen molar-refractivity contribution in [2.24, 2.45) is 11.8 Å². The Morgan fingerprint density at radius 3 is 2.60 bits per heavy atom. The van der Waals surface area contributed by atoms with Gasteiger partial charge in [0.15, 0.2) is 5.13 Å². The number of amides is 1. The van der Waals surface area contributed by atoms with E-state index in [9.17, 15) is 9.59 Å². The van der Waals surface area contributed by atoms with Gasteiger partial charge >= 0.3 is 5.97 Å². The summed E-state index contributed by atoms with van der Waals surface area (Å²) >= 11 is 1.23. The molecular weight excluding hydrogens is 336 g/mol. The molecule has 0 saturated heterocycles. The third-order valence-electron chi connectivity index (χ3n) is 4.35. The molecule has 1 heterocycles. The van der Waals surface area contributed by atoms with Gasteiger partial charge in [0.05, 0.1) is 18.8 Å². The second-order valence-corrected chi connectivity index (χ2v) is 7.34. The van der Waals surface area contributed by atoms with Crippen molar-refractivity contribution in [2.75, 3.05) is 11.5 Å². The van der Waals surface area contributed by atoms with Crippen molar-refractivity contribution in [1.29, 1.82) is 0 Å². The second-order valence-electron chi connectivity index (χ2n) is 6.36. The van der Waals surface area contributed by atoms with Crippen LogP contribution < -0.4 is 4.90 Å². The summed E-state index contributed by atoms with van der Waals surface area (Å²) in [7, 11) is 0. The number of benzene rings is 1. The highest BCUT2D eigenvalue weighted by molar-refractivity contribution is 7.17. The van der Waals surface area contributed by atoms with Gasteiger partial charge in [0.1, 0.15) is 4.88 Å². The Kier molecular flexibility index (Phi) is 5.18. The van der Waals surface area contributed by atoms with Gasteiger partial charge < -0.3 is 4.74 Å². The Morgan fingerprint density at radius 2 is 2.00 bits per heavy atom. The Bertz CT molecular complexity index is 772. The lowest BCUT2D eigenvalue weighted by atomic mass is 10.2. The van der Waals surface area contributed by atoms with Crippen LogP contribution in [0, 0.1) is 18.8 Å². The second kappa shape index (κ2) is 7.35. The molecule has 0 unspecified atom stereocenters. The third kappa shape index (κ3) is 3.90. The van der Waals surface area contributed by atoms with Crippen molar-refractivity contribution in [2.45, 2.75) is 33.7 Å². The van der Waals surface area contributed by atoms with E-state index in [1.807, 2.05) is 30.3 Å². The lowest BCUT2D eigenvalue weighted by molar-refractivity contribution is -0.120. The molecule has 0 bridgehead atoms. The van der Waals surface area contributed by atoms with Gasteiger partial charge in [-0.25, -0.2) is 9.78 Å². The normalized spacial score (nSPS) is 18.7. The molecule has 3 rings (SSSR count). The van der Waals surface area contributed by atoms with Crippen LogP contribution in [-0.4, -0.2) is 23.5 Å². The molecule has 2 aromatic rings. The first-order chi connectivity index (χ1) is 12.0. The van der Waals surface area contributed by atoms with E-state index in [2.05, 4.69) is 11.9 Å². The first-order valence-corrected chi connectivity index (χ1v) is 9.32. The van der Waals surface area contributed by atoms with Crippen molar-refractivity contribution in [3.8, 4) is 0 Å². The number of thiazole rings is 1. The number of carbonyl (C=O) groups excluding carboxylic acids is 2. The van der Waals surface area contributed by atoms with Crippen molar-refractivity contribution in [3.63, 3.8) is 0 Å². The van der Waals surface area contributed by atoms with Crippen LogP contribution in [0.3, 0.4) is 0 Å². The first kappa shape index (κ1) is 17.6. The van der Waals surface area contributed by atoms with Gasteiger partial charge in [-0.3, -0.25) is 9.69 Å². The fourth-order valence-corrected chi connectivity index (χ4v) is 3.72. The Labute approximate surface area is 151 Å². The SMILES string of the molecule is CCOC(=O)c1sc(N(Cc2ccccc2)C(=O)[C@@H]2C[C@H]2C)nc1C. The molecule has 1 aliphatic carbocycles. The minimum absolute atomic E-state index is 0.0546. The van der Waals surface area contributed by atoms with Crippen molar-refractivity contribution in [1.82, 2.24) is 4.98 Å². The summed E-state index contributed by atoms with van der Waals surface area (Å²) < 4.78 is 5.09. The molecule has 132 valence electrons. The van der Waals surface area contributed by atoms with Gasteiger partial charge in [-0.15, -0.1) is 0 Å².